The first-order valence-corrected chi connectivity index (χ1v) is 7.19. The summed E-state index contributed by atoms with van der Waals surface area (Å²) in [7, 11) is 1.97. The molecule has 1 heterocycles. The zero-order chi connectivity index (χ0) is 12.9. The smallest absolute Gasteiger partial charge is 0.228 e. The van der Waals surface area contributed by atoms with Crippen LogP contribution in [0.4, 0.5) is 0 Å². The lowest BCUT2D eigenvalue weighted by Gasteiger charge is -2.29. The van der Waals surface area contributed by atoms with E-state index in [1.54, 1.807) is 11.8 Å². The van der Waals surface area contributed by atoms with Crippen molar-refractivity contribution in [3.05, 3.63) is 11.7 Å². The number of hydrogen-bond acceptors (Lipinski definition) is 5. The molecule has 0 aliphatic rings. The monoisotopic (exact) mass is 257 g/mol. The summed E-state index contributed by atoms with van der Waals surface area (Å²) in [6.07, 6.45) is 0.782. The summed E-state index contributed by atoms with van der Waals surface area (Å²) in [5.41, 5.74) is 0.182. The largest absolute Gasteiger partial charge is 0.339 e. The number of nitrogens with zero attached hydrogens (tertiary/aromatic N) is 2. The number of likely N-dealkylation sites (N-methyl/N-ethyl adjacent to an activating group) is 1. The molecule has 1 aromatic rings. The van der Waals surface area contributed by atoms with Gasteiger partial charge in [0.05, 0.1) is 5.75 Å². The highest BCUT2D eigenvalue weighted by Gasteiger charge is 2.25. The van der Waals surface area contributed by atoms with Gasteiger partial charge in [-0.25, -0.2) is 0 Å². The molecule has 4 nitrogen and oxygen atoms in total. The minimum Gasteiger partial charge on any atom is -0.339 e. The van der Waals surface area contributed by atoms with Crippen molar-refractivity contribution < 1.29 is 4.52 Å². The van der Waals surface area contributed by atoms with E-state index < -0.39 is 0 Å². The SMILES string of the molecule is CCSCc1noc(CC(NC)C(C)(C)C)n1. The number of aromatic nitrogens is 2. The lowest BCUT2D eigenvalue weighted by atomic mass is 9.85. The highest BCUT2D eigenvalue weighted by Crippen LogP contribution is 2.22. The van der Waals surface area contributed by atoms with Gasteiger partial charge in [0.25, 0.3) is 0 Å². The quantitative estimate of drug-likeness (QED) is 0.848. The Balaban J connectivity index is 2.58. The van der Waals surface area contributed by atoms with E-state index in [1.165, 1.54) is 0 Å². The summed E-state index contributed by atoms with van der Waals surface area (Å²) in [6.45, 7) is 8.75. The van der Waals surface area contributed by atoms with Gasteiger partial charge in [0.1, 0.15) is 0 Å². The molecule has 5 heteroatoms. The van der Waals surface area contributed by atoms with Crippen LogP contribution in [0.15, 0.2) is 4.52 Å². The van der Waals surface area contributed by atoms with Gasteiger partial charge in [0.2, 0.25) is 5.89 Å². The molecule has 1 rings (SSSR count). The van der Waals surface area contributed by atoms with Crippen LogP contribution in [-0.2, 0) is 12.2 Å². The first-order chi connectivity index (χ1) is 7.97. The average Bonchev–Trinajstić information content (AvgIpc) is 2.69. The van der Waals surface area contributed by atoms with Gasteiger partial charge in [-0.3, -0.25) is 0 Å². The Morgan fingerprint density at radius 1 is 1.41 bits per heavy atom. The molecule has 0 bridgehead atoms. The van der Waals surface area contributed by atoms with Crippen molar-refractivity contribution in [1.82, 2.24) is 15.5 Å². The van der Waals surface area contributed by atoms with Crippen LogP contribution in [0, 0.1) is 5.41 Å². The topological polar surface area (TPSA) is 51.0 Å². The van der Waals surface area contributed by atoms with E-state index in [0.717, 1.165) is 29.6 Å². The molecule has 1 N–H and O–H groups in total. The molecule has 0 amide bonds. The standard InChI is InChI=1S/C12H23N3OS/c1-6-17-8-10-14-11(16-15-10)7-9(13-5)12(2,3)4/h9,13H,6-8H2,1-5H3. The lowest BCUT2D eigenvalue weighted by molar-refractivity contribution is 0.255. The van der Waals surface area contributed by atoms with Crippen molar-refractivity contribution in [2.45, 2.75) is 45.9 Å². The average molecular weight is 257 g/mol. The van der Waals surface area contributed by atoms with Gasteiger partial charge in [-0.2, -0.15) is 16.7 Å². The highest BCUT2D eigenvalue weighted by atomic mass is 32.2. The molecule has 1 unspecified atom stereocenters. The molecule has 0 radical (unpaired) electrons. The molecular formula is C12H23N3OS. The molecule has 1 atom stereocenters. The molecule has 0 aromatic carbocycles. The normalized spacial score (nSPS) is 13.9. The summed E-state index contributed by atoms with van der Waals surface area (Å²) >= 11 is 1.80. The van der Waals surface area contributed by atoms with Gasteiger partial charge in [0.15, 0.2) is 5.82 Å². The van der Waals surface area contributed by atoms with Gasteiger partial charge in [-0.15, -0.1) is 0 Å². The van der Waals surface area contributed by atoms with Gasteiger partial charge < -0.3 is 9.84 Å². The fraction of sp³-hybridized carbons (Fsp3) is 0.833. The zero-order valence-electron chi connectivity index (χ0n) is 11.4. The van der Waals surface area contributed by atoms with Gasteiger partial charge in [0, 0.05) is 12.5 Å². The Morgan fingerprint density at radius 3 is 2.65 bits per heavy atom. The first-order valence-electron chi connectivity index (χ1n) is 6.03. The second-order valence-corrected chi connectivity index (χ2v) is 6.43. The van der Waals surface area contributed by atoms with Crippen LogP contribution in [0.5, 0.6) is 0 Å². The maximum atomic E-state index is 5.27. The van der Waals surface area contributed by atoms with E-state index >= 15 is 0 Å². The third kappa shape index (κ3) is 4.68. The third-order valence-corrected chi connectivity index (χ3v) is 3.59. The van der Waals surface area contributed by atoms with E-state index in [2.05, 4.69) is 43.2 Å². The summed E-state index contributed by atoms with van der Waals surface area (Å²) in [5.74, 6) is 3.44. The minimum atomic E-state index is 0.182. The molecule has 0 fully saturated rings. The number of thioether (sulfide) groups is 1. The number of rotatable bonds is 6. The minimum absolute atomic E-state index is 0.182. The van der Waals surface area contributed by atoms with Crippen molar-refractivity contribution >= 4 is 11.8 Å². The van der Waals surface area contributed by atoms with Gasteiger partial charge in [-0.1, -0.05) is 32.9 Å². The third-order valence-electron chi connectivity index (χ3n) is 2.72. The second-order valence-electron chi connectivity index (χ2n) is 5.15. The maximum absolute atomic E-state index is 5.27. The first kappa shape index (κ1) is 14.5. The summed E-state index contributed by atoms with van der Waals surface area (Å²) < 4.78 is 5.27. The summed E-state index contributed by atoms with van der Waals surface area (Å²) in [5, 5.41) is 7.30. The fourth-order valence-corrected chi connectivity index (χ4v) is 2.14. The molecule has 1 aromatic heterocycles. The van der Waals surface area contributed by atoms with Crippen LogP contribution < -0.4 is 5.32 Å². The van der Waals surface area contributed by atoms with Crippen molar-refractivity contribution in [3.63, 3.8) is 0 Å². The Hall–Kier alpha value is -0.550. The zero-order valence-corrected chi connectivity index (χ0v) is 12.2. The molecule has 0 saturated carbocycles. The Morgan fingerprint density at radius 2 is 2.12 bits per heavy atom. The molecule has 17 heavy (non-hydrogen) atoms. The number of hydrogen-bond donors (Lipinski definition) is 1. The molecule has 0 spiro atoms. The summed E-state index contributed by atoms with van der Waals surface area (Å²) in [6, 6.07) is 0.342. The summed E-state index contributed by atoms with van der Waals surface area (Å²) in [4.78, 5) is 4.41. The maximum Gasteiger partial charge on any atom is 0.228 e. The van der Waals surface area contributed by atoms with E-state index in [0.29, 0.717) is 6.04 Å². The Kier molecular flexibility index (Phi) is 5.46. The fourth-order valence-electron chi connectivity index (χ4n) is 1.64. The Labute approximate surface area is 108 Å². The van der Waals surface area contributed by atoms with E-state index in [1.807, 2.05) is 7.05 Å². The van der Waals surface area contributed by atoms with Crippen LogP contribution in [-0.4, -0.2) is 29.0 Å². The number of nitrogens with one attached hydrogen (secondary N) is 1. The predicted molar refractivity (Wildman–Crippen MR) is 72.1 cm³/mol. The van der Waals surface area contributed by atoms with E-state index in [4.69, 9.17) is 4.52 Å². The van der Waals surface area contributed by atoms with Gasteiger partial charge in [-0.05, 0) is 18.2 Å². The van der Waals surface area contributed by atoms with Crippen LogP contribution in [0.2, 0.25) is 0 Å². The molecule has 0 aliphatic carbocycles. The van der Waals surface area contributed by atoms with E-state index in [-0.39, 0.29) is 5.41 Å². The molecule has 98 valence electrons. The van der Waals surface area contributed by atoms with Crippen LogP contribution in [0.1, 0.15) is 39.4 Å². The highest BCUT2D eigenvalue weighted by molar-refractivity contribution is 7.98. The molecular weight excluding hydrogens is 234 g/mol. The van der Waals surface area contributed by atoms with Gasteiger partial charge >= 0.3 is 0 Å². The van der Waals surface area contributed by atoms with Crippen molar-refractivity contribution in [2.24, 2.45) is 5.41 Å². The lowest BCUT2D eigenvalue weighted by Crippen LogP contribution is -2.39. The van der Waals surface area contributed by atoms with Crippen LogP contribution in [0.3, 0.4) is 0 Å². The van der Waals surface area contributed by atoms with Crippen molar-refractivity contribution in [3.8, 4) is 0 Å². The molecule has 0 saturated heterocycles. The van der Waals surface area contributed by atoms with Crippen molar-refractivity contribution in [2.75, 3.05) is 12.8 Å². The van der Waals surface area contributed by atoms with Crippen LogP contribution >= 0.6 is 11.8 Å². The van der Waals surface area contributed by atoms with Crippen LogP contribution in [0.25, 0.3) is 0 Å². The van der Waals surface area contributed by atoms with Crippen molar-refractivity contribution in [1.29, 1.82) is 0 Å². The predicted octanol–water partition coefficient (Wildman–Crippen LogP) is 2.50. The molecule has 0 aliphatic heterocycles. The second kappa shape index (κ2) is 6.40. The Bertz CT molecular complexity index is 333. The van der Waals surface area contributed by atoms with E-state index in [9.17, 15) is 0 Å².